The summed E-state index contributed by atoms with van der Waals surface area (Å²) in [7, 11) is -5.21. The summed E-state index contributed by atoms with van der Waals surface area (Å²) >= 11 is 0. The van der Waals surface area contributed by atoms with Crippen LogP contribution in [0.4, 0.5) is 0 Å². The largest absolute Gasteiger partial charge is 0.265 e. The van der Waals surface area contributed by atoms with E-state index in [1.54, 1.807) is 0 Å². The fourth-order valence-corrected chi connectivity index (χ4v) is 3.28. The zero-order chi connectivity index (χ0) is 12.9. The van der Waals surface area contributed by atoms with Gasteiger partial charge in [0.25, 0.3) is 10.1 Å². The summed E-state index contributed by atoms with van der Waals surface area (Å²) in [5.41, 5.74) is 3.15. The van der Waals surface area contributed by atoms with E-state index >= 15 is 0 Å². The Morgan fingerprint density at radius 3 is 2.35 bits per heavy atom. The fraction of sp³-hybridized carbons (Fsp3) is 0.333. The predicted molar refractivity (Wildman–Crippen MR) is 72.1 cm³/mol. The summed E-state index contributed by atoms with van der Waals surface area (Å²) in [5, 5.41) is 1.23. The van der Waals surface area contributed by atoms with Crippen molar-refractivity contribution in [2.75, 3.05) is 12.9 Å². The highest BCUT2D eigenvalue weighted by Gasteiger charge is 2.20. The van der Waals surface area contributed by atoms with Crippen molar-refractivity contribution in [3.63, 3.8) is 0 Å². The molecule has 0 atom stereocenters. The zero-order valence-corrected chi connectivity index (χ0v) is 12.0. The molecule has 3 nitrogen and oxygen atoms in total. The van der Waals surface area contributed by atoms with Gasteiger partial charge in [-0.15, -0.1) is 5.54 Å². The summed E-state index contributed by atoms with van der Waals surface area (Å²) in [5.74, 6) is 2.79. The minimum atomic E-state index is -3.39. The van der Waals surface area contributed by atoms with Gasteiger partial charge in [0.1, 0.15) is 6.61 Å². The van der Waals surface area contributed by atoms with Crippen molar-refractivity contribution >= 4 is 23.4 Å². The quantitative estimate of drug-likeness (QED) is 0.469. The van der Waals surface area contributed by atoms with Crippen LogP contribution in [0.2, 0.25) is 13.1 Å². The molecular formula is C12H16O3SSi. The van der Waals surface area contributed by atoms with Crippen LogP contribution in [0.1, 0.15) is 0 Å². The smallest absolute Gasteiger partial charge is 0.257 e. The maximum absolute atomic E-state index is 10.7. The lowest BCUT2D eigenvalue weighted by Gasteiger charge is -2.14. The van der Waals surface area contributed by atoms with Gasteiger partial charge in [0.15, 0.2) is 8.07 Å². The van der Waals surface area contributed by atoms with Gasteiger partial charge in [-0.25, -0.2) is 0 Å². The molecule has 17 heavy (non-hydrogen) atoms. The lowest BCUT2D eigenvalue weighted by atomic mass is 10.4. The Balaban J connectivity index is 2.71. The van der Waals surface area contributed by atoms with Crippen molar-refractivity contribution in [3.8, 4) is 11.5 Å². The van der Waals surface area contributed by atoms with Gasteiger partial charge in [0.2, 0.25) is 0 Å². The number of hydrogen-bond donors (Lipinski definition) is 0. The Bertz CT molecular complexity index is 524. The normalized spacial score (nSPS) is 11.7. The van der Waals surface area contributed by atoms with Gasteiger partial charge < -0.3 is 0 Å². The first-order valence-electron chi connectivity index (χ1n) is 5.21. The molecule has 1 aromatic rings. The summed E-state index contributed by atoms with van der Waals surface area (Å²) < 4.78 is 26.1. The van der Waals surface area contributed by atoms with E-state index < -0.39 is 18.2 Å². The molecule has 0 fully saturated rings. The summed E-state index contributed by atoms with van der Waals surface area (Å²) in [4.78, 5) is 0. The fourth-order valence-electron chi connectivity index (χ4n) is 1.32. The number of rotatable bonds is 3. The molecule has 92 valence electrons. The van der Waals surface area contributed by atoms with Crippen molar-refractivity contribution in [2.24, 2.45) is 0 Å². The van der Waals surface area contributed by atoms with Gasteiger partial charge in [-0.2, -0.15) is 8.42 Å². The van der Waals surface area contributed by atoms with Crippen LogP contribution in [0.15, 0.2) is 30.3 Å². The van der Waals surface area contributed by atoms with E-state index in [1.165, 1.54) is 5.19 Å². The maximum Gasteiger partial charge on any atom is 0.265 e. The molecule has 0 aliphatic heterocycles. The molecule has 0 N–H and O–H groups in total. The number of hydrogen-bond acceptors (Lipinski definition) is 3. The van der Waals surface area contributed by atoms with Crippen molar-refractivity contribution in [3.05, 3.63) is 30.3 Å². The Labute approximate surface area is 104 Å². The van der Waals surface area contributed by atoms with E-state index in [-0.39, 0.29) is 6.61 Å². The second kappa shape index (κ2) is 5.49. The highest BCUT2D eigenvalue weighted by atomic mass is 32.2. The van der Waals surface area contributed by atoms with Gasteiger partial charge in [0, 0.05) is 0 Å². The van der Waals surface area contributed by atoms with Crippen LogP contribution in [0.5, 0.6) is 0 Å². The molecule has 0 heterocycles. The Morgan fingerprint density at radius 1 is 1.24 bits per heavy atom. The Kier molecular flexibility index (Phi) is 4.51. The molecule has 0 bridgehead atoms. The topological polar surface area (TPSA) is 43.4 Å². The molecule has 1 rings (SSSR count). The van der Waals surface area contributed by atoms with E-state index in [9.17, 15) is 8.42 Å². The molecule has 0 spiro atoms. The number of benzene rings is 1. The third-order valence-corrected chi connectivity index (χ3v) is 5.37. The third-order valence-electron chi connectivity index (χ3n) is 2.24. The van der Waals surface area contributed by atoms with Crippen molar-refractivity contribution in [1.29, 1.82) is 0 Å². The second-order valence-corrected chi connectivity index (χ2v) is 9.98. The average molecular weight is 268 g/mol. The summed E-state index contributed by atoms with van der Waals surface area (Å²) in [6.07, 6.45) is 1.02. The predicted octanol–water partition coefficient (Wildman–Crippen LogP) is 1.12. The second-order valence-electron chi connectivity index (χ2n) is 4.26. The van der Waals surface area contributed by atoms with Crippen LogP contribution in [-0.4, -0.2) is 29.4 Å². The average Bonchev–Trinajstić information content (AvgIpc) is 2.25. The minimum absolute atomic E-state index is 0.0674. The van der Waals surface area contributed by atoms with Gasteiger partial charge in [-0.1, -0.05) is 49.3 Å². The van der Waals surface area contributed by atoms with Crippen LogP contribution in [0, 0.1) is 11.5 Å². The molecule has 0 saturated heterocycles. The Morgan fingerprint density at radius 2 is 1.82 bits per heavy atom. The van der Waals surface area contributed by atoms with Gasteiger partial charge in [-0.05, 0) is 5.19 Å². The van der Waals surface area contributed by atoms with E-state index in [1.807, 2.05) is 18.2 Å². The van der Waals surface area contributed by atoms with Crippen LogP contribution < -0.4 is 5.19 Å². The molecule has 0 aromatic heterocycles. The highest BCUT2D eigenvalue weighted by molar-refractivity contribution is 7.86. The van der Waals surface area contributed by atoms with Crippen LogP contribution >= 0.6 is 0 Å². The first-order valence-corrected chi connectivity index (χ1v) is 10.0. The molecule has 1 aromatic carbocycles. The van der Waals surface area contributed by atoms with E-state index in [0.717, 1.165) is 6.26 Å². The minimum Gasteiger partial charge on any atom is -0.257 e. The molecule has 5 heteroatoms. The Hall–Kier alpha value is -1.09. The highest BCUT2D eigenvalue weighted by Crippen LogP contribution is 2.01. The van der Waals surface area contributed by atoms with E-state index in [4.69, 9.17) is 0 Å². The third kappa shape index (κ3) is 5.17. The van der Waals surface area contributed by atoms with Crippen LogP contribution in [0.25, 0.3) is 0 Å². The monoisotopic (exact) mass is 268 g/mol. The van der Waals surface area contributed by atoms with Crippen molar-refractivity contribution < 1.29 is 12.6 Å². The summed E-state index contributed by atoms with van der Waals surface area (Å²) in [6.45, 7) is 4.17. The van der Waals surface area contributed by atoms with Crippen molar-refractivity contribution in [2.45, 2.75) is 13.1 Å². The van der Waals surface area contributed by atoms with Crippen LogP contribution in [0.3, 0.4) is 0 Å². The van der Waals surface area contributed by atoms with E-state index in [2.05, 4.69) is 40.9 Å². The molecular weight excluding hydrogens is 252 g/mol. The van der Waals surface area contributed by atoms with E-state index in [0.29, 0.717) is 0 Å². The van der Waals surface area contributed by atoms with Gasteiger partial charge in [0.05, 0.1) is 6.26 Å². The SMILES string of the molecule is C[Si](C)(C#CCOS(C)(=O)=O)c1ccccc1. The van der Waals surface area contributed by atoms with Gasteiger partial charge in [-0.3, -0.25) is 4.18 Å². The molecule has 0 radical (unpaired) electrons. The first-order chi connectivity index (χ1) is 7.81. The van der Waals surface area contributed by atoms with Gasteiger partial charge >= 0.3 is 0 Å². The molecule has 0 unspecified atom stereocenters. The van der Waals surface area contributed by atoms with Crippen LogP contribution in [-0.2, 0) is 14.3 Å². The molecule has 0 saturated carbocycles. The molecule has 0 aliphatic rings. The standard InChI is InChI=1S/C12H16O3SSi/c1-16(13,14)15-10-7-11-17(2,3)12-8-5-4-6-9-12/h4-6,8-9H,10H2,1-3H3. The lowest BCUT2D eigenvalue weighted by Crippen LogP contribution is -2.40. The zero-order valence-electron chi connectivity index (χ0n) is 10.2. The summed E-state index contributed by atoms with van der Waals surface area (Å²) in [6, 6.07) is 10.0. The molecule has 0 amide bonds. The molecule has 0 aliphatic carbocycles. The maximum atomic E-state index is 10.7. The van der Waals surface area contributed by atoms with Crippen molar-refractivity contribution in [1.82, 2.24) is 0 Å². The lowest BCUT2D eigenvalue weighted by molar-refractivity contribution is 0.368. The first kappa shape index (κ1) is 14.0.